The summed E-state index contributed by atoms with van der Waals surface area (Å²) in [6.45, 7) is 12.4. The topological polar surface area (TPSA) is 74.2 Å². The van der Waals surface area contributed by atoms with Crippen molar-refractivity contribution in [1.82, 2.24) is 8.69 Å². The van der Waals surface area contributed by atoms with Gasteiger partial charge in [-0.25, -0.2) is 12.4 Å². The van der Waals surface area contributed by atoms with Crippen LogP contribution in [0.2, 0.25) is 0 Å². The molecule has 9 heteroatoms. The lowest BCUT2D eigenvalue weighted by atomic mass is 9.85. The van der Waals surface area contributed by atoms with Crippen molar-refractivity contribution >= 4 is 59.2 Å². The molecule has 0 radical (unpaired) electrons. The lowest BCUT2D eigenvalue weighted by Gasteiger charge is -2.30. The normalized spacial score (nSPS) is 13.6. The maximum absolute atomic E-state index is 14.9. The smallest absolute Gasteiger partial charge is 0.268 e. The fourth-order valence-corrected chi connectivity index (χ4v) is 11.0. The van der Waals surface area contributed by atoms with E-state index in [4.69, 9.17) is 0 Å². The first kappa shape index (κ1) is 38.6. The van der Waals surface area contributed by atoms with Crippen LogP contribution in [-0.4, -0.2) is 30.1 Å². The molecule has 0 aliphatic rings. The first-order valence-corrected chi connectivity index (χ1v) is 21.0. The Labute approximate surface area is 310 Å². The van der Waals surface area contributed by atoms with E-state index in [1.165, 1.54) is 5.56 Å². The summed E-state index contributed by atoms with van der Waals surface area (Å²) in [5.74, 6) is 0. The van der Waals surface area contributed by atoms with Gasteiger partial charge in [-0.15, -0.1) is 4.72 Å². The molecule has 6 rings (SSSR count). The van der Waals surface area contributed by atoms with Crippen molar-refractivity contribution in [2.75, 3.05) is 0 Å². The Kier molecular flexibility index (Phi) is 11.7. The summed E-state index contributed by atoms with van der Waals surface area (Å²) in [5, 5.41) is 3.10. The van der Waals surface area contributed by atoms with Crippen LogP contribution < -0.4 is 15.3 Å². The highest BCUT2D eigenvalue weighted by Gasteiger charge is 2.37. The van der Waals surface area contributed by atoms with E-state index >= 15 is 0 Å². The summed E-state index contributed by atoms with van der Waals surface area (Å²) in [6.07, 6.45) is 0.444. The molecule has 0 spiro atoms. The van der Waals surface area contributed by atoms with Gasteiger partial charge in [0.25, 0.3) is 10.0 Å². The van der Waals surface area contributed by atoms with Gasteiger partial charge in [0, 0.05) is 34.2 Å². The number of nitrogens with one attached hydrogen (secondary N) is 1. The van der Waals surface area contributed by atoms with E-state index in [1.54, 1.807) is 28.2 Å². The minimum Gasteiger partial charge on any atom is -0.598 e. The van der Waals surface area contributed by atoms with E-state index in [9.17, 15) is 13.0 Å². The first-order valence-electron chi connectivity index (χ1n) is 16.9. The van der Waals surface area contributed by atoms with Gasteiger partial charge >= 0.3 is 0 Å². The van der Waals surface area contributed by atoms with E-state index in [-0.39, 0.29) is 18.7 Å². The number of hydrogen-bond donors (Lipinski definition) is 1. The quantitative estimate of drug-likeness (QED) is 0.0888. The molecule has 0 saturated heterocycles. The molecular formula is C42H48BN2O3PS2. The van der Waals surface area contributed by atoms with Gasteiger partial charge in [0.05, 0.1) is 18.8 Å². The molecule has 0 fully saturated rings. The molecule has 0 bridgehead atoms. The third-order valence-corrected chi connectivity index (χ3v) is 14.7. The Morgan fingerprint density at radius 1 is 0.706 bits per heavy atom. The molecule has 1 N–H and O–H groups in total. The number of rotatable bonds is 10. The van der Waals surface area contributed by atoms with Gasteiger partial charge in [0.2, 0.25) is 0 Å². The van der Waals surface area contributed by atoms with Crippen LogP contribution in [-0.2, 0) is 33.0 Å². The van der Waals surface area contributed by atoms with Gasteiger partial charge in [0.15, 0.2) is 0 Å². The van der Waals surface area contributed by atoms with Crippen molar-refractivity contribution in [3.63, 3.8) is 0 Å². The van der Waals surface area contributed by atoms with E-state index < -0.39 is 40.1 Å². The first-order chi connectivity index (χ1) is 23.8. The summed E-state index contributed by atoms with van der Waals surface area (Å²) >= 11 is -1.48. The number of fused-ring (bicyclic) bond motifs is 1. The summed E-state index contributed by atoms with van der Waals surface area (Å²) in [4.78, 5) is 0.217. The Bertz CT molecular complexity index is 2120. The molecule has 0 aliphatic heterocycles. The molecule has 0 amide bonds. The average molecular weight is 735 g/mol. The number of hydrogen-bond acceptors (Lipinski definition) is 4. The highest BCUT2D eigenvalue weighted by Crippen LogP contribution is 2.45. The molecule has 51 heavy (non-hydrogen) atoms. The van der Waals surface area contributed by atoms with Crippen molar-refractivity contribution in [3.8, 4) is 0 Å². The van der Waals surface area contributed by atoms with Crippen LogP contribution in [0.25, 0.3) is 10.9 Å². The molecular weight excluding hydrogens is 686 g/mol. The van der Waals surface area contributed by atoms with Crippen molar-refractivity contribution in [1.29, 1.82) is 0 Å². The van der Waals surface area contributed by atoms with Gasteiger partial charge in [-0.1, -0.05) is 142 Å². The molecule has 1 heterocycles. The van der Waals surface area contributed by atoms with E-state index in [0.29, 0.717) is 17.4 Å². The molecule has 2 atom stereocenters. The zero-order valence-electron chi connectivity index (χ0n) is 29.5. The maximum Gasteiger partial charge on any atom is 0.268 e. The van der Waals surface area contributed by atoms with Crippen LogP contribution in [0.15, 0.2) is 144 Å². The van der Waals surface area contributed by atoms with Gasteiger partial charge in [-0.3, -0.25) is 0 Å². The largest absolute Gasteiger partial charge is 0.598 e. The second kappa shape index (κ2) is 15.5. The van der Waals surface area contributed by atoms with Gasteiger partial charge < -0.3 is 4.55 Å². The zero-order valence-corrected chi connectivity index (χ0v) is 32.0. The second-order valence-electron chi connectivity index (χ2n) is 14.5. The second-order valence-corrected chi connectivity index (χ2v) is 20.5. The highest BCUT2D eigenvalue weighted by molar-refractivity contribution is 7.91. The molecule has 1 aromatic heterocycles. The van der Waals surface area contributed by atoms with Gasteiger partial charge in [0.1, 0.15) is 10.8 Å². The van der Waals surface area contributed by atoms with Gasteiger partial charge in [-0.05, 0) is 74.0 Å². The number of nitrogens with zero attached hydrogens (tertiary/aromatic N) is 1. The van der Waals surface area contributed by atoms with Crippen LogP contribution in [0.5, 0.6) is 0 Å². The van der Waals surface area contributed by atoms with Crippen LogP contribution >= 0.6 is 7.92 Å². The van der Waals surface area contributed by atoms with Crippen molar-refractivity contribution in [2.24, 2.45) is 0 Å². The molecule has 5 aromatic carbocycles. The van der Waals surface area contributed by atoms with Gasteiger partial charge in [-0.2, -0.15) is 0 Å². The van der Waals surface area contributed by atoms with Crippen LogP contribution in [0.1, 0.15) is 70.0 Å². The van der Waals surface area contributed by atoms with E-state index in [0.717, 1.165) is 27.1 Å². The van der Waals surface area contributed by atoms with Crippen LogP contribution in [0, 0.1) is 0 Å². The van der Waals surface area contributed by atoms with Crippen molar-refractivity contribution in [3.05, 3.63) is 162 Å². The highest BCUT2D eigenvalue weighted by atomic mass is 32.2. The fourth-order valence-electron chi connectivity index (χ4n) is 6.18. The summed E-state index contributed by atoms with van der Waals surface area (Å²) < 4.78 is 48.4. The van der Waals surface area contributed by atoms with E-state index in [2.05, 4.69) is 74.0 Å². The molecule has 6 aromatic rings. The average Bonchev–Trinajstić information content (AvgIpc) is 3.44. The van der Waals surface area contributed by atoms with Crippen molar-refractivity contribution in [2.45, 2.75) is 68.8 Å². The predicted octanol–water partition coefficient (Wildman–Crippen LogP) is 7.77. The Morgan fingerprint density at radius 2 is 1.20 bits per heavy atom. The number of benzene rings is 5. The lowest BCUT2D eigenvalue weighted by Crippen LogP contribution is -2.41. The zero-order chi connectivity index (χ0) is 35.7. The third-order valence-electron chi connectivity index (χ3n) is 8.87. The lowest BCUT2D eigenvalue weighted by molar-refractivity contribution is 0.535. The monoisotopic (exact) mass is 734 g/mol. The molecule has 0 saturated carbocycles. The fraction of sp³-hybridized carbons (Fsp3) is 0.238. The number of aromatic nitrogens is 1. The molecule has 0 aliphatic carbocycles. The summed E-state index contributed by atoms with van der Waals surface area (Å²) in [7, 11) is -5.12. The Balaban J connectivity index is 0.00000504. The third kappa shape index (κ3) is 8.22. The molecule has 264 valence electrons. The summed E-state index contributed by atoms with van der Waals surface area (Å²) in [5.41, 5.74) is 4.14. The Hall–Kier alpha value is -3.65. The summed E-state index contributed by atoms with van der Waals surface area (Å²) in [6, 6.07) is 44.9. The van der Waals surface area contributed by atoms with Crippen molar-refractivity contribution < 1.29 is 13.0 Å². The molecule has 5 nitrogen and oxygen atoms in total. The number of para-hydroxylation sites is 1. The maximum atomic E-state index is 14.9. The van der Waals surface area contributed by atoms with Crippen LogP contribution in [0.4, 0.5) is 0 Å². The minimum atomic E-state index is -4.06. The Morgan fingerprint density at radius 3 is 1.71 bits per heavy atom. The minimum absolute atomic E-state index is 0. The predicted molar refractivity (Wildman–Crippen MR) is 222 cm³/mol. The molecule has 2 unspecified atom stereocenters. The van der Waals surface area contributed by atoms with Crippen LogP contribution in [0.3, 0.4) is 0 Å². The SMILES string of the molecule is B.CC(C)(C)c1ccc(C(N[S+]([O-])C(C)(C)C)c2c(CP(c3ccccc3)c3ccccc3)n(S(=O)(=O)c3ccccc3)c3ccccc23)cc1. The standard InChI is InChI=1S/C42H45N2O3PS2.BH3/c1-41(2,3)32-28-26-31(27-29-32)40(43-49(45)42(4,5)6)39-36-24-16-17-25-37(36)44(50(46,47)35-22-14-9-15-23-35)38(39)30-48(33-18-10-7-11-19-33)34-20-12-8-13-21-34;/h7-29,40,43H,30H2,1-6H3;1H3. The van der Waals surface area contributed by atoms with E-state index in [1.807, 2.05) is 87.5 Å².